The van der Waals surface area contributed by atoms with Gasteiger partial charge in [0, 0.05) is 10.8 Å². The Labute approximate surface area is 180 Å². The van der Waals surface area contributed by atoms with Gasteiger partial charge in [-0.2, -0.15) is 0 Å². The molecule has 0 saturated heterocycles. The van der Waals surface area contributed by atoms with E-state index in [0.29, 0.717) is 11.5 Å². The van der Waals surface area contributed by atoms with Crippen LogP contribution in [0, 0.1) is 27.6 Å². The molecule has 3 heteroatoms. The molecule has 3 fully saturated rings. The summed E-state index contributed by atoms with van der Waals surface area (Å²) in [4.78, 5) is 26.1. The van der Waals surface area contributed by atoms with Crippen molar-refractivity contribution in [1.29, 1.82) is 0 Å². The quantitative estimate of drug-likeness (QED) is 0.555. The fraction of sp³-hybridized carbons (Fsp3) is 0.630. The van der Waals surface area contributed by atoms with E-state index in [1.807, 2.05) is 36.4 Å². The average molecular weight is 407 g/mol. The predicted octanol–water partition coefficient (Wildman–Crippen LogP) is 6.13. The molecule has 4 aliphatic rings. The highest BCUT2D eigenvalue weighted by atomic mass is 16.5. The summed E-state index contributed by atoms with van der Waals surface area (Å²) in [6.07, 6.45) is 9.04. The number of carbonyl (C=O) groups excluding carboxylic acids is 2. The Morgan fingerprint density at radius 2 is 1.73 bits per heavy atom. The maximum absolute atomic E-state index is 13.1. The maximum Gasteiger partial charge on any atom is 0.338 e. The summed E-state index contributed by atoms with van der Waals surface area (Å²) >= 11 is 0. The van der Waals surface area contributed by atoms with Gasteiger partial charge in [0.2, 0.25) is 0 Å². The summed E-state index contributed by atoms with van der Waals surface area (Å²) in [5.41, 5.74) is 1.83. The summed E-state index contributed by atoms with van der Waals surface area (Å²) in [6.45, 7) is 9.45. The molecule has 1 aromatic carbocycles. The molecule has 5 rings (SSSR count). The summed E-state index contributed by atoms with van der Waals surface area (Å²) in [5, 5.41) is 0. The fourth-order valence-corrected chi connectivity index (χ4v) is 7.96. The van der Waals surface area contributed by atoms with Crippen LogP contribution in [0.25, 0.3) is 0 Å². The van der Waals surface area contributed by atoms with Crippen LogP contribution in [0.1, 0.15) is 83.0 Å². The van der Waals surface area contributed by atoms with E-state index in [0.717, 1.165) is 31.3 Å². The minimum Gasteiger partial charge on any atom is -0.454 e. The fourth-order valence-electron chi connectivity index (χ4n) is 7.96. The number of rotatable bonds is 2. The first-order valence-electron chi connectivity index (χ1n) is 11.6. The molecule has 3 saturated carbocycles. The first-order valence-corrected chi connectivity index (χ1v) is 11.6. The summed E-state index contributed by atoms with van der Waals surface area (Å²) in [6, 6.07) is 9.26. The monoisotopic (exact) mass is 406 g/mol. The molecule has 4 aliphatic carbocycles. The molecule has 1 aromatic rings. The average Bonchev–Trinajstić information content (AvgIpc) is 3.02. The topological polar surface area (TPSA) is 43.4 Å². The highest BCUT2D eigenvalue weighted by molar-refractivity contribution is 5.97. The van der Waals surface area contributed by atoms with E-state index in [2.05, 4.69) is 27.7 Å². The molecule has 160 valence electrons. The van der Waals surface area contributed by atoms with Gasteiger partial charge in [-0.25, -0.2) is 4.79 Å². The summed E-state index contributed by atoms with van der Waals surface area (Å²) in [7, 11) is 0. The molecule has 2 bridgehead atoms. The van der Waals surface area contributed by atoms with E-state index >= 15 is 0 Å². The van der Waals surface area contributed by atoms with Crippen molar-refractivity contribution in [3.05, 3.63) is 47.5 Å². The van der Waals surface area contributed by atoms with Gasteiger partial charge in [-0.3, -0.25) is 4.79 Å². The highest BCUT2D eigenvalue weighted by Crippen LogP contribution is 2.74. The van der Waals surface area contributed by atoms with Crippen molar-refractivity contribution in [2.45, 2.75) is 78.7 Å². The smallest absolute Gasteiger partial charge is 0.338 e. The Morgan fingerprint density at radius 3 is 2.47 bits per heavy atom. The summed E-state index contributed by atoms with van der Waals surface area (Å²) in [5.74, 6) is 0.455. The number of allylic oxidation sites excluding steroid dienone is 1. The van der Waals surface area contributed by atoms with E-state index in [-0.39, 0.29) is 39.5 Å². The van der Waals surface area contributed by atoms with E-state index in [1.165, 1.54) is 19.3 Å². The third-order valence-electron chi connectivity index (χ3n) is 9.61. The van der Waals surface area contributed by atoms with Crippen molar-refractivity contribution in [3.8, 4) is 0 Å². The van der Waals surface area contributed by atoms with Crippen molar-refractivity contribution in [1.82, 2.24) is 0 Å². The van der Waals surface area contributed by atoms with Crippen LogP contribution in [0.15, 0.2) is 42.0 Å². The van der Waals surface area contributed by atoms with Crippen LogP contribution >= 0.6 is 0 Å². The Bertz CT molecular complexity index is 929. The largest absolute Gasteiger partial charge is 0.454 e. The second kappa shape index (κ2) is 6.31. The van der Waals surface area contributed by atoms with Gasteiger partial charge in [-0.05, 0) is 79.1 Å². The van der Waals surface area contributed by atoms with Gasteiger partial charge in [0.1, 0.15) is 6.10 Å². The van der Waals surface area contributed by atoms with Crippen molar-refractivity contribution < 1.29 is 14.3 Å². The lowest BCUT2D eigenvalue weighted by Crippen LogP contribution is -2.60. The molecule has 0 heterocycles. The molecule has 30 heavy (non-hydrogen) atoms. The van der Waals surface area contributed by atoms with E-state index in [9.17, 15) is 9.59 Å². The minimum absolute atomic E-state index is 0.0160. The standard InChI is InChI=1S/C27H34O3/c1-24(2)11-8-12-26(4)21(24)16-20(30-23(29)18-9-6-5-7-10-18)19-15-22(28)25(3)13-14-27(19,26)17-25/h5-7,9-10,15,20-21H,8,11-14,16-17H2,1-4H3/t20?,21-,25-,26-,27-/m0/s1. The van der Waals surface area contributed by atoms with Crippen molar-refractivity contribution >= 4 is 11.8 Å². The number of ether oxygens (including phenoxy) is 1. The molecular formula is C27H34O3. The Hall–Kier alpha value is -1.90. The maximum atomic E-state index is 13.1. The van der Waals surface area contributed by atoms with Crippen molar-refractivity contribution in [2.24, 2.45) is 27.6 Å². The second-order valence-corrected chi connectivity index (χ2v) is 11.6. The second-order valence-electron chi connectivity index (χ2n) is 11.6. The molecule has 0 aromatic heterocycles. The van der Waals surface area contributed by atoms with Gasteiger partial charge >= 0.3 is 5.97 Å². The molecule has 1 unspecified atom stereocenters. The number of ketones is 1. The van der Waals surface area contributed by atoms with Gasteiger partial charge < -0.3 is 4.74 Å². The molecule has 1 spiro atoms. The zero-order valence-corrected chi connectivity index (χ0v) is 18.8. The lowest BCUT2D eigenvalue weighted by atomic mass is 9.40. The van der Waals surface area contributed by atoms with Crippen LogP contribution < -0.4 is 0 Å². The molecule has 0 aliphatic heterocycles. The first-order chi connectivity index (χ1) is 14.1. The number of benzene rings is 1. The van der Waals surface area contributed by atoms with Gasteiger partial charge in [0.25, 0.3) is 0 Å². The van der Waals surface area contributed by atoms with Crippen LogP contribution in [0.4, 0.5) is 0 Å². The Morgan fingerprint density at radius 1 is 1.00 bits per heavy atom. The molecule has 5 atom stereocenters. The lowest BCUT2D eigenvalue weighted by Gasteiger charge is -2.65. The molecule has 0 N–H and O–H groups in total. The van der Waals surface area contributed by atoms with Crippen molar-refractivity contribution in [3.63, 3.8) is 0 Å². The number of fused-ring (bicyclic) bond motifs is 2. The van der Waals surface area contributed by atoms with Crippen LogP contribution in [0.5, 0.6) is 0 Å². The Kier molecular flexibility index (Phi) is 4.21. The Balaban J connectivity index is 1.60. The zero-order chi connectivity index (χ0) is 21.4. The predicted molar refractivity (Wildman–Crippen MR) is 117 cm³/mol. The first kappa shape index (κ1) is 20.0. The van der Waals surface area contributed by atoms with Crippen LogP contribution in [0.2, 0.25) is 0 Å². The molecule has 0 radical (unpaired) electrons. The van der Waals surface area contributed by atoms with Gasteiger partial charge in [-0.1, -0.05) is 52.3 Å². The van der Waals surface area contributed by atoms with Crippen LogP contribution in [-0.4, -0.2) is 17.9 Å². The van der Waals surface area contributed by atoms with Crippen LogP contribution in [0.3, 0.4) is 0 Å². The van der Waals surface area contributed by atoms with Crippen LogP contribution in [-0.2, 0) is 9.53 Å². The van der Waals surface area contributed by atoms with Gasteiger partial charge in [-0.15, -0.1) is 0 Å². The SMILES string of the molecule is CC1(C)CCC[C@@]2(C)[C@H]1CC(OC(=O)c1ccccc1)C1=CC(=O)[C@@]3(C)CC[C@]12C3. The molecule has 0 amide bonds. The normalized spacial score (nSPS) is 41.5. The lowest BCUT2D eigenvalue weighted by molar-refractivity contribution is -0.141. The van der Waals surface area contributed by atoms with E-state index in [4.69, 9.17) is 4.74 Å². The van der Waals surface area contributed by atoms with E-state index < -0.39 is 0 Å². The number of hydrogen-bond acceptors (Lipinski definition) is 3. The number of carbonyl (C=O) groups is 2. The number of hydrogen-bond donors (Lipinski definition) is 0. The highest BCUT2D eigenvalue weighted by Gasteiger charge is 2.69. The molecular weight excluding hydrogens is 372 g/mol. The minimum atomic E-state index is -0.292. The van der Waals surface area contributed by atoms with Crippen molar-refractivity contribution in [2.75, 3.05) is 0 Å². The molecule has 3 nitrogen and oxygen atoms in total. The third-order valence-corrected chi connectivity index (χ3v) is 9.61. The summed E-state index contributed by atoms with van der Waals surface area (Å²) < 4.78 is 6.20. The zero-order valence-electron chi connectivity index (χ0n) is 18.8. The number of esters is 1. The van der Waals surface area contributed by atoms with E-state index in [1.54, 1.807) is 0 Å². The third kappa shape index (κ3) is 2.56. The van der Waals surface area contributed by atoms with Gasteiger partial charge in [0.15, 0.2) is 5.78 Å². The van der Waals surface area contributed by atoms with Gasteiger partial charge in [0.05, 0.1) is 5.56 Å².